The number of carbonyl (C=O) groups excluding carboxylic acids is 1. The second kappa shape index (κ2) is 5.71. The van der Waals surface area contributed by atoms with Crippen LogP contribution in [0.15, 0.2) is 42.5 Å². The Bertz CT molecular complexity index is 582. The molecule has 19 heavy (non-hydrogen) atoms. The molecule has 0 atom stereocenters. The highest BCUT2D eigenvalue weighted by Gasteiger charge is 2.10. The van der Waals surface area contributed by atoms with E-state index < -0.39 is 0 Å². The SMILES string of the molecule is CN(C)C(=O)c1cccc(Oc2ccc(Cl)cc2)n1. The van der Waals surface area contributed by atoms with E-state index in [9.17, 15) is 4.79 Å². The highest BCUT2D eigenvalue weighted by Crippen LogP contribution is 2.21. The first-order valence-corrected chi connectivity index (χ1v) is 6.06. The third kappa shape index (κ3) is 3.45. The molecule has 1 amide bonds. The van der Waals surface area contributed by atoms with E-state index in [1.807, 2.05) is 0 Å². The third-order valence-corrected chi connectivity index (χ3v) is 2.64. The smallest absolute Gasteiger partial charge is 0.272 e. The minimum Gasteiger partial charge on any atom is -0.439 e. The topological polar surface area (TPSA) is 42.4 Å². The van der Waals surface area contributed by atoms with Crippen LogP contribution in [0.3, 0.4) is 0 Å². The predicted octanol–water partition coefficient (Wildman–Crippen LogP) is 3.23. The van der Waals surface area contributed by atoms with E-state index in [1.54, 1.807) is 56.6 Å². The van der Waals surface area contributed by atoms with E-state index >= 15 is 0 Å². The standard InChI is InChI=1S/C14H13ClN2O2/c1-17(2)14(18)12-4-3-5-13(16-12)19-11-8-6-10(15)7-9-11/h3-9H,1-2H3. The average Bonchev–Trinajstić information content (AvgIpc) is 2.41. The van der Waals surface area contributed by atoms with E-state index in [1.165, 1.54) is 4.90 Å². The summed E-state index contributed by atoms with van der Waals surface area (Å²) in [5.41, 5.74) is 0.344. The molecule has 0 aliphatic heterocycles. The van der Waals surface area contributed by atoms with Crippen LogP contribution in [0, 0.1) is 0 Å². The Morgan fingerprint density at radius 3 is 2.47 bits per heavy atom. The van der Waals surface area contributed by atoms with Crippen LogP contribution < -0.4 is 4.74 Å². The van der Waals surface area contributed by atoms with E-state index in [0.29, 0.717) is 22.3 Å². The largest absolute Gasteiger partial charge is 0.439 e. The minimum atomic E-state index is -0.165. The van der Waals surface area contributed by atoms with Crippen LogP contribution in [0.1, 0.15) is 10.5 Å². The second-order valence-corrected chi connectivity index (χ2v) is 4.55. The minimum absolute atomic E-state index is 0.165. The molecule has 1 heterocycles. The quantitative estimate of drug-likeness (QED) is 0.864. The summed E-state index contributed by atoms with van der Waals surface area (Å²) in [6, 6.07) is 12.0. The first-order chi connectivity index (χ1) is 9.06. The molecule has 0 aliphatic carbocycles. The van der Waals surface area contributed by atoms with Crippen molar-refractivity contribution in [3.8, 4) is 11.6 Å². The van der Waals surface area contributed by atoms with Gasteiger partial charge in [0.15, 0.2) is 0 Å². The van der Waals surface area contributed by atoms with Crippen molar-refractivity contribution in [3.63, 3.8) is 0 Å². The number of halogens is 1. The van der Waals surface area contributed by atoms with Crippen LogP contribution in [0.5, 0.6) is 11.6 Å². The first kappa shape index (κ1) is 13.4. The van der Waals surface area contributed by atoms with Gasteiger partial charge in [0.05, 0.1) is 0 Å². The van der Waals surface area contributed by atoms with Gasteiger partial charge in [0, 0.05) is 25.2 Å². The maximum Gasteiger partial charge on any atom is 0.272 e. The fourth-order valence-electron chi connectivity index (χ4n) is 1.44. The van der Waals surface area contributed by atoms with Gasteiger partial charge < -0.3 is 9.64 Å². The third-order valence-electron chi connectivity index (χ3n) is 2.38. The summed E-state index contributed by atoms with van der Waals surface area (Å²) in [5, 5.41) is 0.636. The number of amides is 1. The molecule has 0 bridgehead atoms. The van der Waals surface area contributed by atoms with Crippen LogP contribution in [-0.4, -0.2) is 29.9 Å². The fourth-order valence-corrected chi connectivity index (χ4v) is 1.57. The van der Waals surface area contributed by atoms with E-state index in [4.69, 9.17) is 16.3 Å². The number of hydrogen-bond donors (Lipinski definition) is 0. The number of benzene rings is 1. The summed E-state index contributed by atoms with van der Waals surface area (Å²) in [4.78, 5) is 17.4. The zero-order valence-corrected chi connectivity index (χ0v) is 11.4. The summed E-state index contributed by atoms with van der Waals surface area (Å²) in [6.07, 6.45) is 0. The van der Waals surface area contributed by atoms with Crippen LogP contribution in [0.4, 0.5) is 0 Å². The molecule has 98 valence electrons. The number of nitrogens with zero attached hydrogens (tertiary/aromatic N) is 2. The lowest BCUT2D eigenvalue weighted by atomic mass is 10.3. The van der Waals surface area contributed by atoms with Gasteiger partial charge in [-0.3, -0.25) is 4.79 Å². The normalized spacial score (nSPS) is 10.1. The van der Waals surface area contributed by atoms with Crippen molar-refractivity contribution in [1.82, 2.24) is 9.88 Å². The van der Waals surface area contributed by atoms with Crippen LogP contribution in [0.2, 0.25) is 5.02 Å². The van der Waals surface area contributed by atoms with E-state index in [-0.39, 0.29) is 5.91 Å². The Kier molecular flexibility index (Phi) is 4.02. The molecule has 0 unspecified atom stereocenters. The highest BCUT2D eigenvalue weighted by molar-refractivity contribution is 6.30. The molecule has 2 aromatic rings. The number of aromatic nitrogens is 1. The van der Waals surface area contributed by atoms with Crippen molar-refractivity contribution in [2.45, 2.75) is 0 Å². The van der Waals surface area contributed by atoms with E-state index in [0.717, 1.165) is 0 Å². The van der Waals surface area contributed by atoms with Crippen molar-refractivity contribution in [1.29, 1.82) is 0 Å². The number of pyridine rings is 1. The van der Waals surface area contributed by atoms with Crippen LogP contribution in [-0.2, 0) is 0 Å². The van der Waals surface area contributed by atoms with Gasteiger partial charge in [0.1, 0.15) is 11.4 Å². The lowest BCUT2D eigenvalue weighted by molar-refractivity contribution is 0.0821. The molecule has 0 saturated carbocycles. The van der Waals surface area contributed by atoms with Crippen LogP contribution in [0.25, 0.3) is 0 Å². The zero-order chi connectivity index (χ0) is 13.8. The van der Waals surface area contributed by atoms with Gasteiger partial charge in [-0.25, -0.2) is 4.98 Å². The number of rotatable bonds is 3. The van der Waals surface area contributed by atoms with Gasteiger partial charge in [0.2, 0.25) is 5.88 Å². The van der Waals surface area contributed by atoms with Crippen LogP contribution >= 0.6 is 11.6 Å². The molecule has 0 saturated heterocycles. The Morgan fingerprint density at radius 1 is 1.16 bits per heavy atom. The Balaban J connectivity index is 2.19. The van der Waals surface area contributed by atoms with Gasteiger partial charge in [0.25, 0.3) is 5.91 Å². The number of hydrogen-bond acceptors (Lipinski definition) is 3. The summed E-state index contributed by atoms with van der Waals surface area (Å²) < 4.78 is 5.56. The maximum atomic E-state index is 11.8. The molecule has 4 nitrogen and oxygen atoms in total. The molecule has 1 aromatic heterocycles. The van der Waals surface area contributed by atoms with Crippen molar-refractivity contribution in [2.24, 2.45) is 0 Å². The van der Waals surface area contributed by atoms with Gasteiger partial charge in [-0.05, 0) is 30.3 Å². The predicted molar refractivity (Wildman–Crippen MR) is 73.8 cm³/mol. The second-order valence-electron chi connectivity index (χ2n) is 4.12. The van der Waals surface area contributed by atoms with Crippen molar-refractivity contribution < 1.29 is 9.53 Å². The summed E-state index contributed by atoms with van der Waals surface area (Å²) >= 11 is 5.79. The van der Waals surface area contributed by atoms with Crippen molar-refractivity contribution in [2.75, 3.05) is 14.1 Å². The Labute approximate surface area is 116 Å². The molecular weight excluding hydrogens is 264 g/mol. The highest BCUT2D eigenvalue weighted by atomic mass is 35.5. The first-order valence-electron chi connectivity index (χ1n) is 5.68. The molecule has 2 rings (SSSR count). The Hall–Kier alpha value is -2.07. The van der Waals surface area contributed by atoms with Gasteiger partial charge in [-0.15, -0.1) is 0 Å². The lowest BCUT2D eigenvalue weighted by Crippen LogP contribution is -2.22. The number of ether oxygens (including phenoxy) is 1. The number of carbonyl (C=O) groups is 1. The van der Waals surface area contributed by atoms with E-state index in [2.05, 4.69) is 4.98 Å². The average molecular weight is 277 g/mol. The molecule has 0 spiro atoms. The molecule has 0 fully saturated rings. The van der Waals surface area contributed by atoms with Gasteiger partial charge in [-0.1, -0.05) is 17.7 Å². The summed E-state index contributed by atoms with van der Waals surface area (Å²) in [6.45, 7) is 0. The zero-order valence-electron chi connectivity index (χ0n) is 10.6. The molecule has 0 radical (unpaired) electrons. The summed E-state index contributed by atoms with van der Waals surface area (Å²) in [5.74, 6) is 0.822. The monoisotopic (exact) mass is 276 g/mol. The van der Waals surface area contributed by atoms with Crippen molar-refractivity contribution >= 4 is 17.5 Å². The molecule has 5 heteroatoms. The van der Waals surface area contributed by atoms with Gasteiger partial charge >= 0.3 is 0 Å². The molecule has 0 aliphatic rings. The lowest BCUT2D eigenvalue weighted by Gasteiger charge is -2.10. The molecular formula is C14H13ClN2O2. The Morgan fingerprint density at radius 2 is 1.84 bits per heavy atom. The van der Waals surface area contributed by atoms with Crippen molar-refractivity contribution in [3.05, 3.63) is 53.2 Å². The molecule has 1 aromatic carbocycles. The molecule has 0 N–H and O–H groups in total. The van der Waals surface area contributed by atoms with Gasteiger partial charge in [-0.2, -0.15) is 0 Å². The fraction of sp³-hybridized carbons (Fsp3) is 0.143. The maximum absolute atomic E-state index is 11.8. The summed E-state index contributed by atoms with van der Waals surface area (Å²) in [7, 11) is 3.35.